The van der Waals surface area contributed by atoms with Gasteiger partial charge in [-0.1, -0.05) is 0 Å². The molecule has 0 bridgehead atoms. The summed E-state index contributed by atoms with van der Waals surface area (Å²) in [5.41, 5.74) is 7.12. The minimum Gasteiger partial charge on any atom is -0.399 e. The van der Waals surface area contributed by atoms with Crippen molar-refractivity contribution >= 4 is 17.3 Å². The summed E-state index contributed by atoms with van der Waals surface area (Å²) in [5.74, 6) is -0.175. The summed E-state index contributed by atoms with van der Waals surface area (Å²) in [4.78, 5) is 13.7. The maximum Gasteiger partial charge on any atom is 0.253 e. The summed E-state index contributed by atoms with van der Waals surface area (Å²) in [6.07, 6.45) is 0. The first kappa shape index (κ1) is 14.3. The number of amides is 1. The molecule has 100 valence electrons. The molecule has 0 radical (unpaired) electrons. The summed E-state index contributed by atoms with van der Waals surface area (Å²) >= 11 is 0. The summed E-state index contributed by atoms with van der Waals surface area (Å²) in [6.45, 7) is 3.76. The van der Waals surface area contributed by atoms with Gasteiger partial charge in [0.05, 0.1) is 23.4 Å². The third-order valence-corrected chi connectivity index (χ3v) is 3.15. The Morgan fingerprint density at radius 3 is 2.61 bits per heavy atom. The van der Waals surface area contributed by atoms with Gasteiger partial charge in [-0.3, -0.25) is 4.79 Å². The van der Waals surface area contributed by atoms with E-state index in [9.17, 15) is 9.90 Å². The zero-order chi connectivity index (χ0) is 13.9. The molecule has 5 nitrogen and oxygen atoms in total. The molecule has 0 atom stereocenters. The molecule has 5 heteroatoms. The van der Waals surface area contributed by atoms with Crippen molar-refractivity contribution in [2.24, 2.45) is 0 Å². The van der Waals surface area contributed by atoms with Crippen molar-refractivity contribution in [2.45, 2.75) is 19.4 Å². The summed E-state index contributed by atoms with van der Waals surface area (Å²) in [6, 6.07) is 5.11. The molecular weight excluding hydrogens is 230 g/mol. The second kappa shape index (κ2) is 5.27. The Morgan fingerprint density at radius 2 is 2.11 bits per heavy atom. The predicted molar refractivity (Wildman–Crippen MR) is 73.8 cm³/mol. The molecule has 0 saturated heterocycles. The minimum absolute atomic E-state index is 0.0223. The monoisotopic (exact) mass is 251 g/mol. The summed E-state index contributed by atoms with van der Waals surface area (Å²) < 4.78 is 0. The van der Waals surface area contributed by atoms with Crippen LogP contribution in [0.2, 0.25) is 0 Å². The number of rotatable bonds is 4. The molecule has 0 aromatic heterocycles. The SMILES string of the molecule is CNC(=O)c1ccc(N)cc1N(C)C(C)(C)CO. The fraction of sp³-hybridized carbons (Fsp3) is 0.462. The fourth-order valence-electron chi connectivity index (χ4n) is 1.58. The van der Waals surface area contributed by atoms with Crippen LogP contribution >= 0.6 is 0 Å². The van der Waals surface area contributed by atoms with E-state index in [0.29, 0.717) is 16.9 Å². The number of anilines is 2. The molecule has 0 saturated carbocycles. The van der Waals surface area contributed by atoms with E-state index in [0.717, 1.165) is 0 Å². The molecule has 0 heterocycles. The van der Waals surface area contributed by atoms with Crippen LogP contribution in [0.4, 0.5) is 11.4 Å². The van der Waals surface area contributed by atoms with Gasteiger partial charge in [0, 0.05) is 19.8 Å². The average molecular weight is 251 g/mol. The minimum atomic E-state index is -0.476. The van der Waals surface area contributed by atoms with Gasteiger partial charge >= 0.3 is 0 Å². The highest BCUT2D eigenvalue weighted by Crippen LogP contribution is 2.28. The van der Waals surface area contributed by atoms with Crippen LogP contribution in [-0.2, 0) is 0 Å². The van der Waals surface area contributed by atoms with Crippen molar-refractivity contribution < 1.29 is 9.90 Å². The lowest BCUT2D eigenvalue weighted by molar-refractivity contribution is 0.0963. The van der Waals surface area contributed by atoms with Gasteiger partial charge in [0.1, 0.15) is 0 Å². The number of aliphatic hydroxyl groups excluding tert-OH is 1. The molecule has 0 spiro atoms. The largest absolute Gasteiger partial charge is 0.399 e. The number of likely N-dealkylation sites (N-methyl/N-ethyl adjacent to an activating group) is 1. The van der Waals surface area contributed by atoms with Gasteiger partial charge < -0.3 is 21.1 Å². The van der Waals surface area contributed by atoms with Crippen LogP contribution < -0.4 is 16.0 Å². The number of nitrogens with two attached hydrogens (primary N) is 1. The maximum atomic E-state index is 11.8. The highest BCUT2D eigenvalue weighted by molar-refractivity contribution is 6.00. The summed E-state index contributed by atoms with van der Waals surface area (Å²) in [7, 11) is 3.41. The van der Waals surface area contributed by atoms with Crippen LogP contribution in [0.1, 0.15) is 24.2 Å². The van der Waals surface area contributed by atoms with Crippen LogP contribution in [0.5, 0.6) is 0 Å². The number of benzene rings is 1. The Bertz CT molecular complexity index is 444. The van der Waals surface area contributed by atoms with E-state index in [2.05, 4.69) is 5.32 Å². The molecule has 0 unspecified atom stereocenters. The second-order valence-corrected chi connectivity index (χ2v) is 4.89. The topological polar surface area (TPSA) is 78.6 Å². The fourth-order valence-corrected chi connectivity index (χ4v) is 1.58. The molecule has 0 aliphatic heterocycles. The quantitative estimate of drug-likeness (QED) is 0.693. The first-order chi connectivity index (χ1) is 8.33. The molecule has 0 aliphatic rings. The van der Waals surface area contributed by atoms with Crippen molar-refractivity contribution in [3.8, 4) is 0 Å². The number of nitrogen functional groups attached to an aromatic ring is 1. The van der Waals surface area contributed by atoms with E-state index in [1.165, 1.54) is 0 Å². The van der Waals surface area contributed by atoms with Crippen LogP contribution in [-0.4, -0.2) is 37.3 Å². The van der Waals surface area contributed by atoms with E-state index >= 15 is 0 Å². The number of nitrogens with one attached hydrogen (secondary N) is 1. The van der Waals surface area contributed by atoms with Gasteiger partial charge in [-0.2, -0.15) is 0 Å². The molecular formula is C13H21N3O2. The Hall–Kier alpha value is -1.75. The average Bonchev–Trinajstić information content (AvgIpc) is 2.36. The van der Waals surface area contributed by atoms with Crippen molar-refractivity contribution in [2.75, 3.05) is 31.3 Å². The van der Waals surface area contributed by atoms with E-state index in [-0.39, 0.29) is 12.5 Å². The van der Waals surface area contributed by atoms with E-state index in [1.54, 1.807) is 25.2 Å². The molecule has 1 aromatic rings. The molecule has 1 rings (SSSR count). The first-order valence-corrected chi connectivity index (χ1v) is 5.80. The lowest BCUT2D eigenvalue weighted by atomic mass is 10.0. The number of carbonyl (C=O) groups is 1. The zero-order valence-corrected chi connectivity index (χ0v) is 11.3. The first-order valence-electron chi connectivity index (χ1n) is 5.80. The van der Waals surface area contributed by atoms with Crippen molar-refractivity contribution in [1.82, 2.24) is 5.32 Å². The third-order valence-electron chi connectivity index (χ3n) is 3.15. The van der Waals surface area contributed by atoms with Crippen molar-refractivity contribution in [1.29, 1.82) is 0 Å². The Balaban J connectivity index is 3.29. The van der Waals surface area contributed by atoms with Gasteiger partial charge in [0.15, 0.2) is 0 Å². The van der Waals surface area contributed by atoms with Gasteiger partial charge in [-0.15, -0.1) is 0 Å². The third kappa shape index (κ3) is 2.73. The summed E-state index contributed by atoms with van der Waals surface area (Å²) in [5, 5.41) is 12.0. The maximum absolute atomic E-state index is 11.8. The molecule has 1 amide bonds. The Kier molecular flexibility index (Phi) is 4.19. The van der Waals surface area contributed by atoms with Gasteiger partial charge in [-0.25, -0.2) is 0 Å². The Labute approximate surface area is 108 Å². The highest BCUT2D eigenvalue weighted by Gasteiger charge is 2.26. The molecule has 1 aromatic carbocycles. The highest BCUT2D eigenvalue weighted by atomic mass is 16.3. The van der Waals surface area contributed by atoms with Crippen LogP contribution in [0.25, 0.3) is 0 Å². The zero-order valence-electron chi connectivity index (χ0n) is 11.3. The van der Waals surface area contributed by atoms with Crippen molar-refractivity contribution in [3.05, 3.63) is 23.8 Å². The molecule has 4 N–H and O–H groups in total. The van der Waals surface area contributed by atoms with E-state index < -0.39 is 5.54 Å². The van der Waals surface area contributed by atoms with Crippen LogP contribution in [0.3, 0.4) is 0 Å². The standard InChI is InChI=1S/C13H21N3O2/c1-13(2,8-17)16(4)11-7-9(14)5-6-10(11)12(18)15-3/h5-7,17H,8,14H2,1-4H3,(H,15,18). The van der Waals surface area contributed by atoms with Crippen LogP contribution in [0, 0.1) is 0 Å². The van der Waals surface area contributed by atoms with Crippen molar-refractivity contribution in [3.63, 3.8) is 0 Å². The molecule has 18 heavy (non-hydrogen) atoms. The molecule has 0 aliphatic carbocycles. The lowest BCUT2D eigenvalue weighted by Crippen LogP contribution is -2.45. The number of carbonyl (C=O) groups excluding carboxylic acids is 1. The Morgan fingerprint density at radius 1 is 1.50 bits per heavy atom. The van der Waals surface area contributed by atoms with Gasteiger partial charge in [-0.05, 0) is 32.0 Å². The van der Waals surface area contributed by atoms with Crippen LogP contribution in [0.15, 0.2) is 18.2 Å². The van der Waals surface area contributed by atoms with E-state index in [4.69, 9.17) is 5.73 Å². The lowest BCUT2D eigenvalue weighted by Gasteiger charge is -2.37. The predicted octanol–water partition coefficient (Wildman–Crippen LogP) is 0.835. The van der Waals surface area contributed by atoms with Gasteiger partial charge in [0.2, 0.25) is 0 Å². The number of nitrogens with zero attached hydrogens (tertiary/aromatic N) is 1. The second-order valence-electron chi connectivity index (χ2n) is 4.89. The normalized spacial score (nSPS) is 11.2. The van der Waals surface area contributed by atoms with Gasteiger partial charge in [0.25, 0.3) is 5.91 Å². The number of hydrogen-bond donors (Lipinski definition) is 3. The smallest absolute Gasteiger partial charge is 0.253 e. The molecule has 0 fully saturated rings. The number of aliphatic hydroxyl groups is 1. The van der Waals surface area contributed by atoms with E-state index in [1.807, 2.05) is 25.8 Å². The number of hydrogen-bond acceptors (Lipinski definition) is 4.